The fourth-order valence-corrected chi connectivity index (χ4v) is 1.56. The summed E-state index contributed by atoms with van der Waals surface area (Å²) in [5, 5.41) is 6.94. The van der Waals surface area contributed by atoms with E-state index in [4.69, 9.17) is 4.74 Å². The standard InChI is InChI=1S/C14H25N3O/c1-11(9-17-14(2,3)4)16-10-12-7-6-8-15-13(12)18-5/h6-8,11,16-17H,9-10H2,1-5H3. The van der Waals surface area contributed by atoms with Crippen LogP contribution in [0.15, 0.2) is 18.3 Å². The Labute approximate surface area is 110 Å². The van der Waals surface area contributed by atoms with Gasteiger partial charge >= 0.3 is 0 Å². The van der Waals surface area contributed by atoms with E-state index in [1.807, 2.05) is 12.1 Å². The van der Waals surface area contributed by atoms with E-state index in [-0.39, 0.29) is 5.54 Å². The van der Waals surface area contributed by atoms with E-state index in [9.17, 15) is 0 Å². The lowest BCUT2D eigenvalue weighted by Gasteiger charge is -2.24. The number of aromatic nitrogens is 1. The predicted octanol–water partition coefficient (Wildman–Crippen LogP) is 1.96. The zero-order valence-corrected chi connectivity index (χ0v) is 12.1. The molecule has 0 aromatic carbocycles. The van der Waals surface area contributed by atoms with E-state index in [0.29, 0.717) is 11.9 Å². The van der Waals surface area contributed by atoms with Gasteiger partial charge in [0.15, 0.2) is 0 Å². The topological polar surface area (TPSA) is 46.2 Å². The second-order valence-electron chi connectivity index (χ2n) is 5.58. The van der Waals surface area contributed by atoms with Gasteiger partial charge in [-0.3, -0.25) is 0 Å². The van der Waals surface area contributed by atoms with Crippen molar-refractivity contribution in [3.63, 3.8) is 0 Å². The highest BCUT2D eigenvalue weighted by Gasteiger charge is 2.11. The lowest BCUT2D eigenvalue weighted by molar-refractivity contribution is 0.376. The highest BCUT2D eigenvalue weighted by Crippen LogP contribution is 2.13. The summed E-state index contributed by atoms with van der Waals surface area (Å²) in [4.78, 5) is 4.18. The molecule has 0 aliphatic carbocycles. The molecule has 1 unspecified atom stereocenters. The molecular formula is C14H25N3O. The second-order valence-corrected chi connectivity index (χ2v) is 5.58. The maximum Gasteiger partial charge on any atom is 0.217 e. The zero-order chi connectivity index (χ0) is 13.6. The van der Waals surface area contributed by atoms with Gasteiger partial charge in [-0.05, 0) is 33.8 Å². The normalized spacial score (nSPS) is 13.4. The molecule has 1 aromatic rings. The van der Waals surface area contributed by atoms with Gasteiger partial charge in [0.25, 0.3) is 0 Å². The summed E-state index contributed by atoms with van der Waals surface area (Å²) in [5.74, 6) is 0.695. The van der Waals surface area contributed by atoms with Gasteiger partial charge in [0.1, 0.15) is 0 Å². The van der Waals surface area contributed by atoms with Crippen molar-refractivity contribution in [2.45, 2.75) is 45.8 Å². The second kappa shape index (κ2) is 6.71. The van der Waals surface area contributed by atoms with Crippen LogP contribution in [-0.2, 0) is 6.54 Å². The van der Waals surface area contributed by atoms with Crippen LogP contribution in [0.1, 0.15) is 33.3 Å². The SMILES string of the molecule is COc1ncccc1CNC(C)CNC(C)(C)C. The van der Waals surface area contributed by atoms with Crippen LogP contribution >= 0.6 is 0 Å². The molecule has 0 bridgehead atoms. The van der Waals surface area contributed by atoms with Crippen LogP contribution in [0.25, 0.3) is 0 Å². The maximum absolute atomic E-state index is 5.23. The number of hydrogen-bond acceptors (Lipinski definition) is 4. The largest absolute Gasteiger partial charge is 0.481 e. The smallest absolute Gasteiger partial charge is 0.217 e. The minimum Gasteiger partial charge on any atom is -0.481 e. The van der Waals surface area contributed by atoms with Crippen molar-refractivity contribution in [2.75, 3.05) is 13.7 Å². The Kier molecular flexibility index (Phi) is 5.56. The Balaban J connectivity index is 2.40. The molecule has 1 aromatic heterocycles. The molecule has 4 heteroatoms. The average Bonchev–Trinajstić information content (AvgIpc) is 2.33. The van der Waals surface area contributed by atoms with E-state index < -0.39 is 0 Å². The third-order valence-electron chi connectivity index (χ3n) is 2.62. The number of methoxy groups -OCH3 is 1. The van der Waals surface area contributed by atoms with Gasteiger partial charge in [-0.1, -0.05) is 6.07 Å². The quantitative estimate of drug-likeness (QED) is 0.811. The summed E-state index contributed by atoms with van der Waals surface area (Å²) in [6.07, 6.45) is 1.74. The summed E-state index contributed by atoms with van der Waals surface area (Å²) in [6.45, 7) is 10.4. The highest BCUT2D eigenvalue weighted by molar-refractivity contribution is 5.25. The van der Waals surface area contributed by atoms with Gasteiger partial charge in [0, 0.05) is 36.4 Å². The van der Waals surface area contributed by atoms with E-state index >= 15 is 0 Å². The number of nitrogens with one attached hydrogen (secondary N) is 2. The molecule has 18 heavy (non-hydrogen) atoms. The molecule has 0 saturated heterocycles. The minimum atomic E-state index is 0.155. The number of hydrogen-bond donors (Lipinski definition) is 2. The number of nitrogens with zero attached hydrogens (tertiary/aromatic N) is 1. The maximum atomic E-state index is 5.23. The molecule has 2 N–H and O–H groups in total. The molecular weight excluding hydrogens is 226 g/mol. The first-order valence-electron chi connectivity index (χ1n) is 6.38. The summed E-state index contributed by atoms with van der Waals surface area (Å²) >= 11 is 0. The lowest BCUT2D eigenvalue weighted by Crippen LogP contribution is -2.44. The predicted molar refractivity (Wildman–Crippen MR) is 74.8 cm³/mol. The molecule has 0 aliphatic heterocycles. The van der Waals surface area contributed by atoms with Crippen LogP contribution in [0.3, 0.4) is 0 Å². The molecule has 0 radical (unpaired) electrons. The van der Waals surface area contributed by atoms with Crippen LogP contribution in [-0.4, -0.2) is 30.2 Å². The molecule has 1 rings (SSSR count). The van der Waals surface area contributed by atoms with Crippen LogP contribution < -0.4 is 15.4 Å². The van der Waals surface area contributed by atoms with Crippen LogP contribution in [0, 0.1) is 0 Å². The average molecular weight is 251 g/mol. The monoisotopic (exact) mass is 251 g/mol. The van der Waals surface area contributed by atoms with Gasteiger partial charge in [0.05, 0.1) is 7.11 Å². The van der Waals surface area contributed by atoms with Crippen molar-refractivity contribution < 1.29 is 4.74 Å². The van der Waals surface area contributed by atoms with Gasteiger partial charge < -0.3 is 15.4 Å². The first kappa shape index (κ1) is 14.9. The molecule has 1 heterocycles. The van der Waals surface area contributed by atoms with Crippen molar-refractivity contribution in [1.82, 2.24) is 15.6 Å². The molecule has 1 atom stereocenters. The third kappa shape index (κ3) is 5.47. The number of ether oxygens (including phenoxy) is 1. The number of rotatable bonds is 6. The van der Waals surface area contributed by atoms with Gasteiger partial charge in [-0.2, -0.15) is 0 Å². The van der Waals surface area contributed by atoms with Crippen LogP contribution in [0.4, 0.5) is 0 Å². The molecule has 102 valence electrons. The first-order valence-corrected chi connectivity index (χ1v) is 6.38. The highest BCUT2D eigenvalue weighted by atomic mass is 16.5. The minimum absolute atomic E-state index is 0.155. The van der Waals surface area contributed by atoms with Crippen LogP contribution in [0.5, 0.6) is 5.88 Å². The first-order chi connectivity index (χ1) is 8.42. The van der Waals surface area contributed by atoms with E-state index in [0.717, 1.165) is 18.7 Å². The van der Waals surface area contributed by atoms with Crippen molar-refractivity contribution in [2.24, 2.45) is 0 Å². The molecule has 4 nitrogen and oxygen atoms in total. The summed E-state index contributed by atoms with van der Waals surface area (Å²) in [7, 11) is 1.65. The Bertz CT molecular complexity index is 360. The van der Waals surface area contributed by atoms with E-state index in [1.165, 1.54) is 0 Å². The van der Waals surface area contributed by atoms with Crippen LogP contribution in [0.2, 0.25) is 0 Å². The lowest BCUT2D eigenvalue weighted by atomic mass is 10.1. The zero-order valence-electron chi connectivity index (χ0n) is 12.1. The third-order valence-corrected chi connectivity index (χ3v) is 2.62. The summed E-state index contributed by atoms with van der Waals surface area (Å²) in [6, 6.07) is 4.36. The van der Waals surface area contributed by atoms with E-state index in [2.05, 4.69) is 43.3 Å². The Hall–Kier alpha value is -1.13. The van der Waals surface area contributed by atoms with Crippen molar-refractivity contribution >= 4 is 0 Å². The van der Waals surface area contributed by atoms with Gasteiger partial charge in [0.2, 0.25) is 5.88 Å². The molecule has 0 aliphatic rings. The van der Waals surface area contributed by atoms with Crippen molar-refractivity contribution in [1.29, 1.82) is 0 Å². The summed E-state index contributed by atoms with van der Waals surface area (Å²) < 4.78 is 5.23. The molecule has 0 amide bonds. The Morgan fingerprint density at radius 2 is 2.11 bits per heavy atom. The van der Waals surface area contributed by atoms with Crippen molar-refractivity contribution in [3.8, 4) is 5.88 Å². The number of pyridine rings is 1. The molecule has 0 saturated carbocycles. The van der Waals surface area contributed by atoms with Crippen molar-refractivity contribution in [3.05, 3.63) is 23.9 Å². The van der Waals surface area contributed by atoms with E-state index in [1.54, 1.807) is 13.3 Å². The summed E-state index contributed by atoms with van der Waals surface area (Å²) in [5.41, 5.74) is 1.24. The van der Waals surface area contributed by atoms with Gasteiger partial charge in [-0.15, -0.1) is 0 Å². The molecule has 0 fully saturated rings. The fourth-order valence-electron chi connectivity index (χ4n) is 1.56. The fraction of sp³-hybridized carbons (Fsp3) is 0.643. The Morgan fingerprint density at radius 1 is 1.39 bits per heavy atom. The van der Waals surface area contributed by atoms with Gasteiger partial charge in [-0.25, -0.2) is 4.98 Å². The Morgan fingerprint density at radius 3 is 2.72 bits per heavy atom. The molecule has 0 spiro atoms.